The average molecular weight is 817 g/mol. The molecule has 6 nitrogen and oxygen atoms in total. The van der Waals surface area contributed by atoms with Crippen LogP contribution < -0.4 is 0 Å². The highest BCUT2D eigenvalue weighted by Gasteiger charge is 2.21. The van der Waals surface area contributed by atoms with Gasteiger partial charge < -0.3 is 4.57 Å². The van der Waals surface area contributed by atoms with E-state index in [9.17, 15) is 0 Å². The van der Waals surface area contributed by atoms with Gasteiger partial charge in [-0.15, -0.1) is 0 Å². The molecule has 0 saturated heterocycles. The molecular formula is C58H36N6. The minimum absolute atomic E-state index is 0.578. The second kappa shape index (κ2) is 15.2. The molecular weight excluding hydrogens is 781 g/mol. The molecule has 12 aromatic rings. The number of pyridine rings is 3. The second-order valence-corrected chi connectivity index (χ2v) is 15.9. The maximum absolute atomic E-state index is 7.95. The normalized spacial score (nSPS) is 11.4. The van der Waals surface area contributed by atoms with Crippen LogP contribution in [0.3, 0.4) is 0 Å². The minimum atomic E-state index is 0.578. The van der Waals surface area contributed by atoms with E-state index in [4.69, 9.17) is 21.5 Å². The third-order valence-electron chi connectivity index (χ3n) is 12.3. The van der Waals surface area contributed by atoms with Gasteiger partial charge in [-0.05, 0) is 77.4 Å². The van der Waals surface area contributed by atoms with Crippen LogP contribution in [0.2, 0.25) is 0 Å². The number of nitrogens with zero attached hydrogens (tertiary/aromatic N) is 6. The molecule has 5 aromatic heterocycles. The van der Waals surface area contributed by atoms with Gasteiger partial charge >= 0.3 is 0 Å². The van der Waals surface area contributed by atoms with Crippen LogP contribution in [0, 0.1) is 6.57 Å². The van der Waals surface area contributed by atoms with Crippen molar-refractivity contribution in [3.63, 3.8) is 0 Å². The van der Waals surface area contributed by atoms with Gasteiger partial charge in [0.05, 0.1) is 51.9 Å². The average Bonchev–Trinajstić information content (AvgIpc) is 3.89. The van der Waals surface area contributed by atoms with E-state index >= 15 is 0 Å². The highest BCUT2D eigenvalue weighted by Crippen LogP contribution is 2.42. The van der Waals surface area contributed by atoms with Crippen molar-refractivity contribution >= 4 is 49.3 Å². The molecule has 12 rings (SSSR count). The van der Waals surface area contributed by atoms with E-state index in [1.54, 1.807) is 0 Å². The van der Waals surface area contributed by atoms with Gasteiger partial charge in [0, 0.05) is 61.8 Å². The minimum Gasteiger partial charge on any atom is -0.307 e. The number of para-hydroxylation sites is 2. The summed E-state index contributed by atoms with van der Waals surface area (Å²) >= 11 is 0. The third kappa shape index (κ3) is 6.06. The van der Waals surface area contributed by atoms with Gasteiger partial charge in [0.2, 0.25) is 0 Å². The summed E-state index contributed by atoms with van der Waals surface area (Å²) in [5.74, 6) is 0.783. The number of fused-ring (bicyclic) bond motifs is 6. The van der Waals surface area contributed by atoms with Gasteiger partial charge in [-0.1, -0.05) is 140 Å². The molecule has 0 atom stereocenters. The summed E-state index contributed by atoms with van der Waals surface area (Å²) in [6.45, 7) is 7.95. The Balaban J connectivity index is 1.06. The predicted octanol–water partition coefficient (Wildman–Crippen LogP) is 15.0. The number of aromatic nitrogens is 5. The highest BCUT2D eigenvalue weighted by atomic mass is 15.1. The summed E-state index contributed by atoms with van der Waals surface area (Å²) < 4.78 is 4.58. The molecule has 0 unspecified atom stereocenters. The fourth-order valence-electron chi connectivity index (χ4n) is 9.43. The molecule has 298 valence electrons. The molecule has 6 heteroatoms. The Hall–Kier alpha value is -8.92. The van der Waals surface area contributed by atoms with Crippen molar-refractivity contribution in [2.75, 3.05) is 0 Å². The van der Waals surface area contributed by atoms with Crippen LogP contribution in [0.4, 0.5) is 5.69 Å². The van der Waals surface area contributed by atoms with E-state index in [0.29, 0.717) is 5.69 Å². The van der Waals surface area contributed by atoms with Crippen LogP contribution in [0.15, 0.2) is 219 Å². The Morgan fingerprint density at radius 1 is 0.359 bits per heavy atom. The fraction of sp³-hybridized carbons (Fsp3) is 0. The Morgan fingerprint density at radius 3 is 1.45 bits per heavy atom. The van der Waals surface area contributed by atoms with Gasteiger partial charge in [-0.25, -0.2) is 9.83 Å². The SMILES string of the molecule is [C-]#[N+]c1cccc(-c2cc(-n3c4ccccc4c4cc(-c5cccnc5-c5ccccc5)ccc43)ncc2-n2c3ccccc3c3cc(-c4cccnc4-c4ccccc4)ccc32)c1. The Kier molecular flexibility index (Phi) is 8.77. The molecule has 0 radical (unpaired) electrons. The van der Waals surface area contributed by atoms with E-state index in [0.717, 1.165) is 111 Å². The van der Waals surface area contributed by atoms with Crippen LogP contribution >= 0.6 is 0 Å². The monoisotopic (exact) mass is 816 g/mol. The van der Waals surface area contributed by atoms with E-state index in [1.165, 1.54) is 0 Å². The summed E-state index contributed by atoms with van der Waals surface area (Å²) in [7, 11) is 0. The van der Waals surface area contributed by atoms with Crippen LogP contribution in [-0.2, 0) is 0 Å². The van der Waals surface area contributed by atoms with E-state index < -0.39 is 0 Å². The molecule has 0 aliphatic rings. The lowest BCUT2D eigenvalue weighted by molar-refractivity contribution is 1.06. The zero-order valence-electron chi connectivity index (χ0n) is 34.5. The first-order valence-electron chi connectivity index (χ1n) is 21.3. The molecule has 0 N–H and O–H groups in total. The maximum Gasteiger partial charge on any atom is 0.187 e. The van der Waals surface area contributed by atoms with E-state index in [2.05, 4.69) is 172 Å². The smallest absolute Gasteiger partial charge is 0.187 e. The standard InChI is InChI=1S/C58H36N6/c1-59-43-20-12-19-40(33-43)48-36-56(64-52-26-11-9-22-47(52)50-35-42(28-30-54(50)64)45-24-14-32-61-58(45)39-17-6-3-7-18-39)62-37-55(48)63-51-25-10-8-21-46(51)49-34-41(27-29-53(49)63)44-23-13-31-60-57(44)38-15-4-2-5-16-38/h2-37H. The lowest BCUT2D eigenvalue weighted by Gasteiger charge is -2.17. The molecule has 5 heterocycles. The van der Waals surface area contributed by atoms with Crippen molar-refractivity contribution in [2.24, 2.45) is 0 Å². The van der Waals surface area contributed by atoms with E-state index in [-0.39, 0.29) is 0 Å². The van der Waals surface area contributed by atoms with Crippen LogP contribution in [0.25, 0.3) is 116 Å². The molecule has 0 fully saturated rings. The Morgan fingerprint density at radius 2 is 0.859 bits per heavy atom. The summed E-state index contributed by atoms with van der Waals surface area (Å²) in [5, 5.41) is 4.52. The molecule has 0 spiro atoms. The van der Waals surface area contributed by atoms with Crippen LogP contribution in [-0.4, -0.2) is 24.1 Å². The van der Waals surface area contributed by atoms with Crippen LogP contribution in [0.5, 0.6) is 0 Å². The number of hydrogen-bond donors (Lipinski definition) is 0. The Labute approximate surface area is 369 Å². The van der Waals surface area contributed by atoms with Crippen molar-refractivity contribution in [1.29, 1.82) is 0 Å². The van der Waals surface area contributed by atoms with Gasteiger partial charge in [-0.2, -0.15) is 0 Å². The fourth-order valence-corrected chi connectivity index (χ4v) is 9.43. The quantitative estimate of drug-likeness (QED) is 0.151. The zero-order chi connectivity index (χ0) is 42.6. The third-order valence-corrected chi connectivity index (χ3v) is 12.3. The molecule has 0 bridgehead atoms. The zero-order valence-corrected chi connectivity index (χ0v) is 34.5. The second-order valence-electron chi connectivity index (χ2n) is 15.9. The largest absolute Gasteiger partial charge is 0.307 e. The molecule has 0 aliphatic heterocycles. The first-order valence-corrected chi connectivity index (χ1v) is 21.3. The van der Waals surface area contributed by atoms with Crippen molar-refractivity contribution in [3.05, 3.63) is 230 Å². The van der Waals surface area contributed by atoms with Gasteiger partial charge in [0.15, 0.2) is 5.69 Å². The summed E-state index contributed by atoms with van der Waals surface area (Å²) in [4.78, 5) is 18.8. The predicted molar refractivity (Wildman–Crippen MR) is 262 cm³/mol. The van der Waals surface area contributed by atoms with Gasteiger partial charge in [-0.3, -0.25) is 14.5 Å². The van der Waals surface area contributed by atoms with Crippen molar-refractivity contribution in [1.82, 2.24) is 24.1 Å². The molecule has 64 heavy (non-hydrogen) atoms. The Bertz CT molecular complexity index is 3800. The molecule has 0 aliphatic carbocycles. The molecule has 0 saturated carbocycles. The lowest BCUT2D eigenvalue weighted by Crippen LogP contribution is -2.03. The number of hydrogen-bond acceptors (Lipinski definition) is 3. The molecule has 0 amide bonds. The molecule has 7 aromatic carbocycles. The van der Waals surface area contributed by atoms with Crippen molar-refractivity contribution in [3.8, 4) is 67.4 Å². The summed E-state index contributed by atoms with van der Waals surface area (Å²) in [5.41, 5.74) is 16.0. The van der Waals surface area contributed by atoms with Gasteiger partial charge in [0.25, 0.3) is 0 Å². The summed E-state index contributed by atoms with van der Waals surface area (Å²) in [6.07, 6.45) is 5.72. The summed E-state index contributed by atoms with van der Waals surface area (Å²) in [6, 6.07) is 69.6. The lowest BCUT2D eigenvalue weighted by atomic mass is 9.98. The maximum atomic E-state index is 7.95. The topological polar surface area (TPSA) is 52.9 Å². The first-order chi connectivity index (χ1) is 31.7. The highest BCUT2D eigenvalue weighted by molar-refractivity contribution is 6.12. The van der Waals surface area contributed by atoms with E-state index in [1.807, 2.05) is 61.1 Å². The van der Waals surface area contributed by atoms with Crippen LogP contribution in [0.1, 0.15) is 0 Å². The number of rotatable bonds is 7. The van der Waals surface area contributed by atoms with Crippen molar-refractivity contribution < 1.29 is 0 Å². The first kappa shape index (κ1) is 36.9. The van der Waals surface area contributed by atoms with Gasteiger partial charge in [0.1, 0.15) is 5.82 Å². The van der Waals surface area contributed by atoms with Crippen molar-refractivity contribution in [2.45, 2.75) is 0 Å². The number of benzene rings is 7.